The zero-order chi connectivity index (χ0) is 15.8. The van der Waals surface area contributed by atoms with Gasteiger partial charge in [-0.2, -0.15) is 5.10 Å². The minimum atomic E-state index is -0.798. The summed E-state index contributed by atoms with van der Waals surface area (Å²) in [5.41, 5.74) is 4.05. The topological polar surface area (TPSA) is 29.9 Å². The molecule has 1 aliphatic carbocycles. The number of benzene rings is 1. The third-order valence-corrected chi connectivity index (χ3v) is 5.05. The standard InChI is InChI=1S/C18H21F2N3/c19-15-6-5-12(11-16(15)20)18-14-7-9-21-10-8-17(14)22-23(18)13-3-1-2-4-13/h5-6,11,13,21H,1-4,7-10H2. The smallest absolute Gasteiger partial charge is 0.159 e. The minimum Gasteiger partial charge on any atom is -0.316 e. The molecule has 0 bridgehead atoms. The molecule has 0 radical (unpaired) electrons. The van der Waals surface area contributed by atoms with E-state index in [0.717, 1.165) is 55.7 Å². The van der Waals surface area contributed by atoms with Crippen molar-refractivity contribution in [3.05, 3.63) is 41.1 Å². The Morgan fingerprint density at radius 3 is 2.61 bits per heavy atom. The molecule has 0 saturated heterocycles. The molecule has 1 saturated carbocycles. The van der Waals surface area contributed by atoms with Crippen molar-refractivity contribution in [2.24, 2.45) is 0 Å². The molecule has 0 atom stereocenters. The van der Waals surface area contributed by atoms with Crippen LogP contribution in [-0.4, -0.2) is 22.9 Å². The van der Waals surface area contributed by atoms with Gasteiger partial charge in [0.25, 0.3) is 0 Å². The van der Waals surface area contributed by atoms with Crippen LogP contribution in [0.5, 0.6) is 0 Å². The van der Waals surface area contributed by atoms with Crippen molar-refractivity contribution in [3.8, 4) is 11.3 Å². The van der Waals surface area contributed by atoms with Crippen LogP contribution in [0.1, 0.15) is 43.0 Å². The zero-order valence-corrected chi connectivity index (χ0v) is 13.1. The summed E-state index contributed by atoms with van der Waals surface area (Å²) >= 11 is 0. The second-order valence-corrected chi connectivity index (χ2v) is 6.54. The Balaban J connectivity index is 1.87. The molecule has 2 aromatic rings. The number of aromatic nitrogens is 2. The number of nitrogens with zero attached hydrogens (tertiary/aromatic N) is 2. The van der Waals surface area contributed by atoms with Gasteiger partial charge in [0.2, 0.25) is 0 Å². The Morgan fingerprint density at radius 1 is 1.04 bits per heavy atom. The second-order valence-electron chi connectivity index (χ2n) is 6.54. The van der Waals surface area contributed by atoms with Gasteiger partial charge in [-0.15, -0.1) is 0 Å². The highest BCUT2D eigenvalue weighted by Crippen LogP contribution is 2.37. The molecule has 2 heterocycles. The first-order chi connectivity index (χ1) is 11.2. The molecule has 122 valence electrons. The Kier molecular flexibility index (Phi) is 3.89. The first kappa shape index (κ1) is 14.8. The number of hydrogen-bond donors (Lipinski definition) is 1. The van der Waals surface area contributed by atoms with Gasteiger partial charge in [0.05, 0.1) is 17.4 Å². The lowest BCUT2D eigenvalue weighted by atomic mass is 10.0. The van der Waals surface area contributed by atoms with E-state index in [1.807, 2.05) is 0 Å². The third kappa shape index (κ3) is 2.67. The third-order valence-electron chi connectivity index (χ3n) is 5.05. The Morgan fingerprint density at radius 2 is 1.83 bits per heavy atom. The summed E-state index contributed by atoms with van der Waals surface area (Å²) < 4.78 is 29.2. The number of hydrogen-bond acceptors (Lipinski definition) is 2. The van der Waals surface area contributed by atoms with E-state index in [1.165, 1.54) is 30.5 Å². The van der Waals surface area contributed by atoms with Gasteiger partial charge in [0, 0.05) is 24.1 Å². The molecule has 1 N–H and O–H groups in total. The molecular weight excluding hydrogens is 296 g/mol. The molecule has 1 fully saturated rings. The highest BCUT2D eigenvalue weighted by molar-refractivity contribution is 5.65. The van der Waals surface area contributed by atoms with Gasteiger partial charge in [-0.25, -0.2) is 8.78 Å². The maximum atomic E-state index is 13.8. The quantitative estimate of drug-likeness (QED) is 0.916. The molecular formula is C18H21F2N3. The van der Waals surface area contributed by atoms with Gasteiger partial charge in [0.15, 0.2) is 11.6 Å². The minimum absolute atomic E-state index is 0.387. The van der Waals surface area contributed by atoms with Crippen LogP contribution in [0.25, 0.3) is 11.3 Å². The van der Waals surface area contributed by atoms with Gasteiger partial charge in [-0.3, -0.25) is 4.68 Å². The lowest BCUT2D eigenvalue weighted by Gasteiger charge is -2.16. The summed E-state index contributed by atoms with van der Waals surface area (Å²) in [6.07, 6.45) is 6.45. The summed E-state index contributed by atoms with van der Waals surface area (Å²) in [5.74, 6) is -1.59. The zero-order valence-electron chi connectivity index (χ0n) is 13.1. The molecule has 1 aromatic heterocycles. The van der Waals surface area contributed by atoms with Crippen molar-refractivity contribution >= 4 is 0 Å². The van der Waals surface area contributed by atoms with Crippen molar-refractivity contribution in [1.29, 1.82) is 0 Å². The summed E-state index contributed by atoms with van der Waals surface area (Å²) in [4.78, 5) is 0. The molecule has 0 amide bonds. The number of fused-ring (bicyclic) bond motifs is 1. The fourth-order valence-electron chi connectivity index (χ4n) is 3.89. The van der Waals surface area contributed by atoms with Crippen molar-refractivity contribution in [2.75, 3.05) is 13.1 Å². The van der Waals surface area contributed by atoms with Crippen LogP contribution in [0.2, 0.25) is 0 Å². The average molecular weight is 317 g/mol. The summed E-state index contributed by atoms with van der Waals surface area (Å²) in [5, 5.41) is 8.27. The first-order valence-corrected chi connectivity index (χ1v) is 8.50. The van der Waals surface area contributed by atoms with Crippen molar-refractivity contribution < 1.29 is 8.78 Å². The van der Waals surface area contributed by atoms with Crippen LogP contribution < -0.4 is 5.32 Å². The van der Waals surface area contributed by atoms with Crippen LogP contribution >= 0.6 is 0 Å². The van der Waals surface area contributed by atoms with Crippen LogP contribution in [0.4, 0.5) is 8.78 Å². The molecule has 5 heteroatoms. The van der Waals surface area contributed by atoms with Gasteiger partial charge in [0.1, 0.15) is 0 Å². The van der Waals surface area contributed by atoms with E-state index in [-0.39, 0.29) is 0 Å². The van der Waals surface area contributed by atoms with Gasteiger partial charge in [-0.1, -0.05) is 12.8 Å². The fraction of sp³-hybridized carbons (Fsp3) is 0.500. The van der Waals surface area contributed by atoms with Crippen molar-refractivity contribution in [3.63, 3.8) is 0 Å². The van der Waals surface area contributed by atoms with Crippen LogP contribution in [-0.2, 0) is 12.8 Å². The molecule has 4 rings (SSSR count). The lowest BCUT2D eigenvalue weighted by molar-refractivity contribution is 0.466. The monoisotopic (exact) mass is 317 g/mol. The maximum Gasteiger partial charge on any atom is 0.159 e. The van der Waals surface area contributed by atoms with Crippen molar-refractivity contribution in [2.45, 2.75) is 44.6 Å². The van der Waals surface area contributed by atoms with Crippen molar-refractivity contribution in [1.82, 2.24) is 15.1 Å². The van der Waals surface area contributed by atoms with Crippen LogP contribution in [0, 0.1) is 11.6 Å². The Hall–Kier alpha value is -1.75. The molecule has 1 aliphatic heterocycles. The number of rotatable bonds is 2. The summed E-state index contributed by atoms with van der Waals surface area (Å²) in [6, 6.07) is 4.60. The van der Waals surface area contributed by atoms with Gasteiger partial charge in [-0.05, 0) is 44.0 Å². The van der Waals surface area contributed by atoms with Crippen LogP contribution in [0.15, 0.2) is 18.2 Å². The number of nitrogens with one attached hydrogen (secondary N) is 1. The van der Waals surface area contributed by atoms with Gasteiger partial charge < -0.3 is 5.32 Å². The summed E-state index contributed by atoms with van der Waals surface area (Å²) in [6.45, 7) is 1.83. The van der Waals surface area contributed by atoms with Crippen LogP contribution in [0.3, 0.4) is 0 Å². The van der Waals surface area contributed by atoms with E-state index in [2.05, 4.69) is 10.00 Å². The Bertz CT molecular complexity index is 717. The lowest BCUT2D eigenvalue weighted by Crippen LogP contribution is -2.18. The molecule has 1 aromatic carbocycles. The SMILES string of the molecule is Fc1ccc(-c2c3c(nn2C2CCCC2)CCNCC3)cc1F. The van der Waals surface area contributed by atoms with E-state index in [1.54, 1.807) is 6.07 Å². The highest BCUT2D eigenvalue weighted by Gasteiger charge is 2.27. The van der Waals surface area contributed by atoms with E-state index in [4.69, 9.17) is 5.10 Å². The number of halogens is 2. The van der Waals surface area contributed by atoms with E-state index in [0.29, 0.717) is 6.04 Å². The highest BCUT2D eigenvalue weighted by atomic mass is 19.2. The maximum absolute atomic E-state index is 13.8. The predicted molar refractivity (Wildman–Crippen MR) is 85.4 cm³/mol. The molecule has 0 spiro atoms. The largest absolute Gasteiger partial charge is 0.316 e. The second kappa shape index (κ2) is 6.04. The molecule has 23 heavy (non-hydrogen) atoms. The first-order valence-electron chi connectivity index (χ1n) is 8.50. The molecule has 3 nitrogen and oxygen atoms in total. The van der Waals surface area contributed by atoms with E-state index >= 15 is 0 Å². The fourth-order valence-corrected chi connectivity index (χ4v) is 3.89. The van der Waals surface area contributed by atoms with E-state index in [9.17, 15) is 8.78 Å². The summed E-state index contributed by atoms with van der Waals surface area (Å²) in [7, 11) is 0. The Labute approximate surface area is 134 Å². The predicted octanol–water partition coefficient (Wildman–Crippen LogP) is 3.63. The van der Waals surface area contributed by atoms with Gasteiger partial charge >= 0.3 is 0 Å². The molecule has 0 unspecified atom stereocenters. The average Bonchev–Trinajstić information content (AvgIpc) is 3.13. The van der Waals surface area contributed by atoms with E-state index < -0.39 is 11.6 Å². The normalized spacial score (nSPS) is 18.9. The molecule has 2 aliphatic rings.